The Bertz CT molecular complexity index is 1950. The van der Waals surface area contributed by atoms with Gasteiger partial charge in [0.2, 0.25) is 5.82 Å². The third kappa shape index (κ3) is 5.21. The lowest BCUT2D eigenvalue weighted by molar-refractivity contribution is 0.305. The highest BCUT2D eigenvalue weighted by molar-refractivity contribution is 9.10. The second kappa shape index (κ2) is 10.5. The van der Waals surface area contributed by atoms with Gasteiger partial charge in [-0.1, -0.05) is 51.8 Å². The number of fused-ring (bicyclic) bond motifs is 2. The number of nitrogens with zero attached hydrogens (tertiary/aromatic N) is 3. The van der Waals surface area contributed by atoms with Crippen LogP contribution in [0.2, 0.25) is 5.02 Å². The number of benzene rings is 4. The molecule has 9 heteroatoms. The fourth-order valence-electron chi connectivity index (χ4n) is 4.17. The quantitative estimate of drug-likeness (QED) is 0.182. The summed E-state index contributed by atoms with van der Waals surface area (Å²) in [5.74, 6) is 0.772. The van der Waals surface area contributed by atoms with Gasteiger partial charge in [-0.3, -0.25) is 4.79 Å². The van der Waals surface area contributed by atoms with Crippen molar-refractivity contribution in [3.63, 3.8) is 0 Å². The summed E-state index contributed by atoms with van der Waals surface area (Å²) in [4.78, 5) is 18.3. The molecule has 0 bridgehead atoms. The highest BCUT2D eigenvalue weighted by atomic mass is 79.9. The maximum absolute atomic E-state index is 13.6. The van der Waals surface area contributed by atoms with Gasteiger partial charge in [-0.25, -0.2) is 9.37 Å². The van der Waals surface area contributed by atoms with E-state index in [9.17, 15) is 9.18 Å². The van der Waals surface area contributed by atoms with Crippen molar-refractivity contribution < 1.29 is 13.5 Å². The average Bonchev–Trinajstić information content (AvgIpc) is 3.35. The van der Waals surface area contributed by atoms with Gasteiger partial charge in [0, 0.05) is 20.4 Å². The minimum Gasteiger partial charge on any atom is -0.488 e. The molecule has 0 unspecified atom stereocenters. The molecule has 0 radical (unpaired) electrons. The van der Waals surface area contributed by atoms with Crippen molar-refractivity contribution in [2.45, 2.75) is 6.61 Å². The third-order valence-electron chi connectivity index (χ3n) is 6.02. The summed E-state index contributed by atoms with van der Waals surface area (Å²) in [6.45, 7) is 0.157. The lowest BCUT2D eigenvalue weighted by Gasteiger charge is -2.11. The Morgan fingerprint density at radius 3 is 2.77 bits per heavy atom. The zero-order valence-electron chi connectivity index (χ0n) is 20.1. The van der Waals surface area contributed by atoms with E-state index in [1.165, 1.54) is 23.0 Å². The van der Waals surface area contributed by atoms with Crippen molar-refractivity contribution >= 4 is 55.6 Å². The largest absolute Gasteiger partial charge is 0.488 e. The molecule has 0 saturated heterocycles. The molecular formula is C30H18BrClFN3O3. The zero-order chi connectivity index (χ0) is 26.9. The van der Waals surface area contributed by atoms with E-state index in [1.54, 1.807) is 60.7 Å². The standard InChI is InChI=1S/C30H18BrClFN3O3/c31-21-8-10-26(38-17-18-4-3-5-23(33)12-18)20(13-21)16-34-36-29(35-25-7-2-1-6-24(25)30(36)37)28-15-19-14-22(32)9-11-27(19)39-28/h1-16H,17H2. The topological polar surface area (TPSA) is 69.6 Å². The summed E-state index contributed by atoms with van der Waals surface area (Å²) >= 11 is 9.63. The third-order valence-corrected chi connectivity index (χ3v) is 6.75. The highest BCUT2D eigenvalue weighted by Crippen LogP contribution is 2.29. The van der Waals surface area contributed by atoms with Gasteiger partial charge in [-0.15, -0.1) is 0 Å². The van der Waals surface area contributed by atoms with Crippen LogP contribution in [0.15, 0.2) is 110 Å². The van der Waals surface area contributed by atoms with Gasteiger partial charge >= 0.3 is 0 Å². The molecule has 192 valence electrons. The number of halogens is 3. The van der Waals surface area contributed by atoms with E-state index in [-0.39, 0.29) is 23.8 Å². The van der Waals surface area contributed by atoms with Crippen LogP contribution in [0, 0.1) is 5.82 Å². The number of ether oxygens (including phenoxy) is 1. The van der Waals surface area contributed by atoms with Gasteiger partial charge in [0.05, 0.1) is 17.1 Å². The molecule has 0 aliphatic rings. The van der Waals surface area contributed by atoms with Crippen molar-refractivity contribution in [3.05, 3.63) is 128 Å². The first-order chi connectivity index (χ1) is 18.9. The molecule has 2 aromatic heterocycles. The van der Waals surface area contributed by atoms with Crippen molar-refractivity contribution in [1.29, 1.82) is 0 Å². The van der Waals surface area contributed by atoms with E-state index < -0.39 is 0 Å². The number of furan rings is 1. The first kappa shape index (κ1) is 25.0. The predicted octanol–water partition coefficient (Wildman–Crippen LogP) is 7.83. The van der Waals surface area contributed by atoms with Gasteiger partial charge < -0.3 is 9.15 Å². The van der Waals surface area contributed by atoms with E-state index in [2.05, 4.69) is 21.0 Å². The van der Waals surface area contributed by atoms with Gasteiger partial charge in [-0.05, 0) is 72.3 Å². The van der Waals surface area contributed by atoms with Gasteiger partial charge in [-0.2, -0.15) is 9.78 Å². The van der Waals surface area contributed by atoms with Crippen LogP contribution in [0.1, 0.15) is 11.1 Å². The van der Waals surface area contributed by atoms with Crippen LogP contribution in [0.4, 0.5) is 4.39 Å². The summed E-state index contributed by atoms with van der Waals surface area (Å²) in [6.07, 6.45) is 1.52. The van der Waals surface area contributed by atoms with Crippen LogP contribution in [0.3, 0.4) is 0 Å². The van der Waals surface area contributed by atoms with Gasteiger partial charge in [0.1, 0.15) is 23.8 Å². The van der Waals surface area contributed by atoms with Crippen LogP contribution in [-0.2, 0) is 6.61 Å². The second-order valence-electron chi connectivity index (χ2n) is 8.71. The summed E-state index contributed by atoms with van der Waals surface area (Å²) in [6, 6.07) is 25.7. The van der Waals surface area contributed by atoms with Crippen molar-refractivity contribution in [2.75, 3.05) is 0 Å². The maximum atomic E-state index is 13.6. The van der Waals surface area contributed by atoms with Gasteiger partial charge in [0.25, 0.3) is 5.56 Å². The molecule has 0 saturated carbocycles. The minimum absolute atomic E-state index is 0.157. The molecule has 0 aliphatic carbocycles. The van der Waals surface area contributed by atoms with E-state index in [0.29, 0.717) is 44.1 Å². The zero-order valence-corrected chi connectivity index (χ0v) is 22.5. The van der Waals surface area contributed by atoms with E-state index in [1.807, 2.05) is 18.2 Å². The molecule has 0 amide bonds. The monoisotopic (exact) mass is 601 g/mol. The minimum atomic E-state index is -0.359. The van der Waals surface area contributed by atoms with Gasteiger partial charge in [0.15, 0.2) is 5.76 Å². The first-order valence-electron chi connectivity index (χ1n) is 11.9. The van der Waals surface area contributed by atoms with Crippen molar-refractivity contribution in [2.24, 2.45) is 5.10 Å². The lowest BCUT2D eigenvalue weighted by atomic mass is 10.2. The van der Waals surface area contributed by atoms with Crippen LogP contribution in [0.25, 0.3) is 33.5 Å². The van der Waals surface area contributed by atoms with Crippen molar-refractivity contribution in [3.8, 4) is 17.3 Å². The smallest absolute Gasteiger partial charge is 0.282 e. The van der Waals surface area contributed by atoms with E-state index in [0.717, 1.165) is 9.86 Å². The number of hydrogen-bond donors (Lipinski definition) is 0. The fraction of sp³-hybridized carbons (Fsp3) is 0.0333. The Morgan fingerprint density at radius 1 is 1.03 bits per heavy atom. The van der Waals surface area contributed by atoms with Crippen LogP contribution in [-0.4, -0.2) is 15.9 Å². The summed E-state index contributed by atoms with van der Waals surface area (Å²) in [5.41, 5.74) is 2.05. The maximum Gasteiger partial charge on any atom is 0.282 e. The molecule has 0 N–H and O–H groups in total. The number of rotatable bonds is 6. The fourth-order valence-corrected chi connectivity index (χ4v) is 4.73. The normalized spacial score (nSPS) is 11.6. The van der Waals surface area contributed by atoms with Crippen LogP contribution < -0.4 is 10.3 Å². The number of aromatic nitrogens is 2. The van der Waals surface area contributed by atoms with Crippen molar-refractivity contribution in [1.82, 2.24) is 9.66 Å². The molecule has 0 spiro atoms. The molecule has 0 fully saturated rings. The average molecular weight is 603 g/mol. The summed E-state index contributed by atoms with van der Waals surface area (Å²) in [7, 11) is 0. The molecule has 0 aliphatic heterocycles. The SMILES string of the molecule is O=c1c2ccccc2nc(-c2cc3cc(Cl)ccc3o2)n1N=Cc1cc(Br)ccc1OCc1cccc(F)c1. The first-order valence-corrected chi connectivity index (χ1v) is 13.0. The highest BCUT2D eigenvalue weighted by Gasteiger charge is 2.17. The Morgan fingerprint density at radius 2 is 1.90 bits per heavy atom. The van der Waals surface area contributed by atoms with E-state index in [4.69, 9.17) is 25.7 Å². The molecule has 2 heterocycles. The number of hydrogen-bond acceptors (Lipinski definition) is 5. The molecule has 6 rings (SSSR count). The summed E-state index contributed by atoms with van der Waals surface area (Å²) in [5, 5.41) is 6.28. The predicted molar refractivity (Wildman–Crippen MR) is 154 cm³/mol. The molecule has 4 aromatic carbocycles. The second-order valence-corrected chi connectivity index (χ2v) is 10.1. The van der Waals surface area contributed by atoms with E-state index >= 15 is 0 Å². The molecule has 6 aromatic rings. The molecule has 6 nitrogen and oxygen atoms in total. The molecule has 39 heavy (non-hydrogen) atoms. The Hall–Kier alpha value is -4.27. The van der Waals surface area contributed by atoms with Crippen LogP contribution in [0.5, 0.6) is 5.75 Å². The Kier molecular flexibility index (Phi) is 6.72. The summed E-state index contributed by atoms with van der Waals surface area (Å²) < 4.78 is 27.6. The van der Waals surface area contributed by atoms with Crippen LogP contribution >= 0.6 is 27.5 Å². The Labute approximate surface area is 235 Å². The Balaban J connectivity index is 1.44. The molecule has 0 atom stereocenters. The lowest BCUT2D eigenvalue weighted by Crippen LogP contribution is -2.20. The number of para-hydroxylation sites is 1. The molecular weight excluding hydrogens is 585 g/mol.